The minimum absolute atomic E-state index is 0.149. The summed E-state index contributed by atoms with van der Waals surface area (Å²) in [4.78, 5) is 32.1. The zero-order chi connectivity index (χ0) is 20.1. The molecule has 146 valence electrons. The summed E-state index contributed by atoms with van der Waals surface area (Å²) in [6.45, 7) is 0.449. The number of benzene rings is 2. The molecule has 0 saturated carbocycles. The maximum Gasteiger partial charge on any atom is 0.330 e. The van der Waals surface area contributed by atoms with Crippen molar-refractivity contribution in [2.75, 3.05) is 6.79 Å². The number of aromatic amines is 1. The molecule has 0 unspecified atom stereocenters. The van der Waals surface area contributed by atoms with Gasteiger partial charge >= 0.3 is 5.69 Å². The summed E-state index contributed by atoms with van der Waals surface area (Å²) in [6.07, 6.45) is 0. The van der Waals surface area contributed by atoms with E-state index in [2.05, 4.69) is 25.9 Å². The van der Waals surface area contributed by atoms with Crippen LogP contribution in [0.1, 0.15) is 5.56 Å². The monoisotopic (exact) mass is 454 g/mol. The summed E-state index contributed by atoms with van der Waals surface area (Å²) in [7, 11) is 1.75. The van der Waals surface area contributed by atoms with Crippen molar-refractivity contribution in [3.8, 4) is 22.9 Å². The van der Waals surface area contributed by atoms with Gasteiger partial charge in [0.05, 0.1) is 11.0 Å². The molecule has 9 heteroatoms. The maximum absolute atomic E-state index is 12.5. The van der Waals surface area contributed by atoms with Crippen molar-refractivity contribution >= 4 is 27.1 Å². The van der Waals surface area contributed by atoms with Gasteiger partial charge in [-0.2, -0.15) is 0 Å². The van der Waals surface area contributed by atoms with Crippen molar-refractivity contribution in [2.45, 2.75) is 6.54 Å². The van der Waals surface area contributed by atoms with Crippen LogP contribution < -0.4 is 20.7 Å². The Morgan fingerprint density at radius 1 is 1.17 bits per heavy atom. The third-order valence-corrected chi connectivity index (χ3v) is 5.47. The van der Waals surface area contributed by atoms with Gasteiger partial charge in [-0.1, -0.05) is 30.3 Å². The Kier molecular flexibility index (Phi) is 4.06. The highest BCUT2D eigenvalue weighted by atomic mass is 79.9. The van der Waals surface area contributed by atoms with Gasteiger partial charge < -0.3 is 14.0 Å². The Morgan fingerprint density at radius 3 is 2.76 bits per heavy atom. The van der Waals surface area contributed by atoms with Gasteiger partial charge in [0, 0.05) is 12.6 Å². The number of fused-ring (bicyclic) bond motifs is 2. The van der Waals surface area contributed by atoms with Crippen LogP contribution in [0.15, 0.2) is 56.5 Å². The van der Waals surface area contributed by atoms with E-state index >= 15 is 0 Å². The summed E-state index contributed by atoms with van der Waals surface area (Å²) >= 11 is 3.48. The molecule has 3 heterocycles. The number of hydrogen-bond acceptors (Lipinski definition) is 5. The second-order valence-corrected chi connectivity index (χ2v) is 7.54. The highest BCUT2D eigenvalue weighted by Gasteiger charge is 2.22. The summed E-state index contributed by atoms with van der Waals surface area (Å²) in [5.41, 5.74) is 1.34. The lowest BCUT2D eigenvalue weighted by atomic mass is 10.2. The molecule has 29 heavy (non-hydrogen) atoms. The minimum atomic E-state index is -0.497. The van der Waals surface area contributed by atoms with Crippen LogP contribution in [-0.4, -0.2) is 25.9 Å². The number of ether oxygens (including phenoxy) is 2. The number of rotatable bonds is 3. The number of hydrogen-bond donors (Lipinski definition) is 1. The summed E-state index contributed by atoms with van der Waals surface area (Å²) in [5, 5.41) is 0. The molecule has 0 atom stereocenters. The van der Waals surface area contributed by atoms with E-state index in [1.807, 2.05) is 42.5 Å². The molecule has 0 aliphatic carbocycles. The number of aromatic nitrogens is 4. The van der Waals surface area contributed by atoms with Crippen molar-refractivity contribution in [3.05, 3.63) is 73.3 Å². The minimum Gasteiger partial charge on any atom is -0.454 e. The number of halogens is 1. The largest absolute Gasteiger partial charge is 0.454 e. The zero-order valence-electron chi connectivity index (χ0n) is 15.3. The van der Waals surface area contributed by atoms with Gasteiger partial charge in [-0.15, -0.1) is 0 Å². The first-order valence-electron chi connectivity index (χ1n) is 8.86. The van der Waals surface area contributed by atoms with Gasteiger partial charge in [0.25, 0.3) is 5.56 Å². The van der Waals surface area contributed by atoms with Gasteiger partial charge in [-0.3, -0.25) is 14.3 Å². The van der Waals surface area contributed by atoms with Gasteiger partial charge in [-0.05, 0) is 33.6 Å². The number of nitrogens with zero attached hydrogens (tertiary/aromatic N) is 3. The Hall–Kier alpha value is -3.33. The molecule has 2 aromatic heterocycles. The average Bonchev–Trinajstić information content (AvgIpc) is 3.31. The first-order valence-corrected chi connectivity index (χ1v) is 9.65. The van der Waals surface area contributed by atoms with Crippen molar-refractivity contribution in [1.29, 1.82) is 0 Å². The number of imidazole rings is 1. The maximum atomic E-state index is 12.5. The van der Waals surface area contributed by atoms with Gasteiger partial charge in [0.1, 0.15) is 5.82 Å². The molecule has 4 aromatic rings. The van der Waals surface area contributed by atoms with E-state index in [9.17, 15) is 9.59 Å². The highest BCUT2D eigenvalue weighted by Crippen LogP contribution is 2.42. The number of nitrogens with one attached hydrogen (secondary N) is 1. The third-order valence-electron chi connectivity index (χ3n) is 4.88. The van der Waals surface area contributed by atoms with Crippen molar-refractivity contribution in [3.63, 3.8) is 0 Å². The van der Waals surface area contributed by atoms with E-state index in [1.165, 1.54) is 4.57 Å². The number of H-pyrrole nitrogens is 1. The van der Waals surface area contributed by atoms with Crippen LogP contribution >= 0.6 is 15.9 Å². The SMILES string of the molecule is Cn1c(-c2cc(Br)c3c(c2)OCO3)nc2c1c(=O)[nH]c(=O)n2Cc1ccccc1. The molecule has 0 radical (unpaired) electrons. The zero-order valence-corrected chi connectivity index (χ0v) is 16.9. The summed E-state index contributed by atoms with van der Waals surface area (Å²) < 4.78 is 14.8. The van der Waals surface area contributed by atoms with E-state index in [-0.39, 0.29) is 6.79 Å². The Bertz CT molecular complexity index is 1370. The van der Waals surface area contributed by atoms with E-state index in [0.29, 0.717) is 35.0 Å². The van der Waals surface area contributed by atoms with E-state index in [1.54, 1.807) is 11.6 Å². The second-order valence-electron chi connectivity index (χ2n) is 6.69. The molecule has 0 amide bonds. The molecule has 0 bridgehead atoms. The van der Waals surface area contributed by atoms with Gasteiger partial charge in [0.2, 0.25) is 6.79 Å². The molecule has 5 rings (SSSR count). The Labute approximate surface area is 172 Å². The molecular weight excluding hydrogens is 440 g/mol. The predicted molar refractivity (Wildman–Crippen MR) is 110 cm³/mol. The lowest BCUT2D eigenvalue weighted by Crippen LogP contribution is -2.31. The third kappa shape index (κ3) is 2.85. The topological polar surface area (TPSA) is 91.1 Å². The first kappa shape index (κ1) is 17.7. The van der Waals surface area contributed by atoms with Crippen LogP contribution in [0.25, 0.3) is 22.6 Å². The fraction of sp³-hybridized carbons (Fsp3) is 0.150. The molecule has 0 fully saturated rings. The quantitative estimate of drug-likeness (QED) is 0.513. The predicted octanol–water partition coefficient (Wildman–Crippen LogP) is 2.63. The fourth-order valence-electron chi connectivity index (χ4n) is 3.51. The lowest BCUT2D eigenvalue weighted by Gasteiger charge is -2.06. The Morgan fingerprint density at radius 2 is 1.97 bits per heavy atom. The van der Waals surface area contributed by atoms with E-state index in [0.717, 1.165) is 15.6 Å². The molecular formula is C20H15BrN4O4. The van der Waals surface area contributed by atoms with Crippen molar-refractivity contribution in [1.82, 2.24) is 19.1 Å². The molecule has 0 saturated heterocycles. The summed E-state index contributed by atoms with van der Waals surface area (Å²) in [5.74, 6) is 1.76. The van der Waals surface area contributed by atoms with Crippen LogP contribution in [0, 0.1) is 0 Å². The van der Waals surface area contributed by atoms with Gasteiger partial charge in [0.15, 0.2) is 22.7 Å². The normalized spacial score (nSPS) is 12.6. The standard InChI is InChI=1S/C20H15BrN4O4/c1-24-15-18(22-17(24)12-7-13(21)16-14(8-12)28-10-29-16)25(20(27)23-19(15)26)9-11-5-3-2-4-6-11/h2-8H,9-10H2,1H3,(H,23,26,27). The molecule has 2 aromatic carbocycles. The fourth-order valence-corrected chi connectivity index (χ4v) is 4.07. The summed E-state index contributed by atoms with van der Waals surface area (Å²) in [6, 6.07) is 13.2. The second kappa shape index (κ2) is 6.63. The van der Waals surface area contributed by atoms with Crippen molar-refractivity contribution < 1.29 is 9.47 Å². The van der Waals surface area contributed by atoms with Crippen LogP contribution in [0.3, 0.4) is 0 Å². The van der Waals surface area contributed by atoms with Crippen LogP contribution in [-0.2, 0) is 13.6 Å². The molecule has 1 N–H and O–H groups in total. The molecule has 1 aliphatic heterocycles. The van der Waals surface area contributed by atoms with E-state index in [4.69, 9.17) is 9.47 Å². The highest BCUT2D eigenvalue weighted by molar-refractivity contribution is 9.10. The van der Waals surface area contributed by atoms with Crippen molar-refractivity contribution in [2.24, 2.45) is 7.05 Å². The molecule has 8 nitrogen and oxygen atoms in total. The van der Waals surface area contributed by atoms with Crippen LogP contribution in [0.4, 0.5) is 0 Å². The smallest absolute Gasteiger partial charge is 0.330 e. The molecule has 1 aliphatic rings. The van der Waals surface area contributed by atoms with E-state index < -0.39 is 11.2 Å². The molecule has 0 spiro atoms. The van der Waals surface area contributed by atoms with Crippen LogP contribution in [0.2, 0.25) is 0 Å². The average molecular weight is 455 g/mol. The first-order chi connectivity index (χ1) is 14.0. The lowest BCUT2D eigenvalue weighted by molar-refractivity contribution is 0.173. The van der Waals surface area contributed by atoms with Gasteiger partial charge in [-0.25, -0.2) is 9.78 Å². The number of aryl methyl sites for hydroxylation is 1. The Balaban J connectivity index is 1.73. The van der Waals surface area contributed by atoms with Crippen LogP contribution in [0.5, 0.6) is 11.5 Å².